The molecule has 0 saturated carbocycles. The quantitative estimate of drug-likeness (QED) is 0.408. The van der Waals surface area contributed by atoms with Crippen LogP contribution >= 0.6 is 0 Å². The van der Waals surface area contributed by atoms with Crippen LogP contribution in [0.4, 0.5) is 11.4 Å². The van der Waals surface area contributed by atoms with Crippen molar-refractivity contribution in [2.45, 2.75) is 19.4 Å². The number of hydrogen-bond donors (Lipinski definition) is 0. The Balaban J connectivity index is 1.69. The van der Waals surface area contributed by atoms with Gasteiger partial charge in [-0.1, -0.05) is 0 Å². The summed E-state index contributed by atoms with van der Waals surface area (Å²) in [5.41, 5.74) is 0.484. The van der Waals surface area contributed by atoms with Gasteiger partial charge in [-0.05, 0) is 31.0 Å². The number of ether oxygens (including phenoxy) is 1. The molecule has 0 radical (unpaired) electrons. The van der Waals surface area contributed by atoms with Crippen molar-refractivity contribution >= 4 is 23.3 Å². The summed E-state index contributed by atoms with van der Waals surface area (Å²) in [5.74, 6) is -0.555. The second kappa shape index (κ2) is 8.55. The third-order valence-electron chi connectivity index (χ3n) is 4.58. The van der Waals surface area contributed by atoms with Crippen molar-refractivity contribution in [2.75, 3.05) is 31.6 Å². The molecule has 0 bridgehead atoms. The fourth-order valence-corrected chi connectivity index (χ4v) is 3.07. The van der Waals surface area contributed by atoms with Gasteiger partial charge in [0.15, 0.2) is 6.61 Å². The Morgan fingerprint density at radius 3 is 2.68 bits per heavy atom. The Labute approximate surface area is 161 Å². The van der Waals surface area contributed by atoms with Crippen LogP contribution in [0.3, 0.4) is 0 Å². The molecule has 1 fully saturated rings. The summed E-state index contributed by atoms with van der Waals surface area (Å²) in [6.45, 7) is 1.32. The lowest BCUT2D eigenvalue weighted by atomic mass is 10.1. The molecule has 0 atom stereocenters. The van der Waals surface area contributed by atoms with Crippen LogP contribution in [-0.2, 0) is 16.1 Å². The number of anilines is 1. The van der Waals surface area contributed by atoms with Crippen LogP contribution in [0.25, 0.3) is 0 Å². The van der Waals surface area contributed by atoms with Crippen molar-refractivity contribution in [2.24, 2.45) is 0 Å². The Kier molecular flexibility index (Phi) is 5.93. The van der Waals surface area contributed by atoms with Crippen LogP contribution in [-0.4, -0.2) is 48.4 Å². The van der Waals surface area contributed by atoms with Gasteiger partial charge in [0.25, 0.3) is 11.6 Å². The highest BCUT2D eigenvalue weighted by molar-refractivity contribution is 5.97. The van der Waals surface area contributed by atoms with Gasteiger partial charge in [-0.15, -0.1) is 0 Å². The molecule has 1 amide bonds. The number of furan rings is 1. The van der Waals surface area contributed by atoms with Crippen molar-refractivity contribution in [3.8, 4) is 0 Å². The molecular weight excluding hydrogens is 366 g/mol. The molecule has 1 saturated heterocycles. The zero-order valence-electron chi connectivity index (χ0n) is 15.5. The van der Waals surface area contributed by atoms with Gasteiger partial charge in [-0.2, -0.15) is 0 Å². The van der Waals surface area contributed by atoms with Gasteiger partial charge >= 0.3 is 5.97 Å². The number of rotatable bonds is 7. The number of benzene rings is 1. The second-order valence-corrected chi connectivity index (χ2v) is 6.56. The van der Waals surface area contributed by atoms with Crippen molar-refractivity contribution in [3.05, 3.63) is 58.0 Å². The van der Waals surface area contributed by atoms with Crippen molar-refractivity contribution in [1.82, 2.24) is 4.90 Å². The first-order valence-electron chi connectivity index (χ1n) is 8.92. The van der Waals surface area contributed by atoms with Gasteiger partial charge in [0.05, 0.1) is 29.0 Å². The van der Waals surface area contributed by atoms with Gasteiger partial charge in [-0.25, -0.2) is 4.79 Å². The van der Waals surface area contributed by atoms with E-state index in [-0.39, 0.29) is 17.8 Å². The highest BCUT2D eigenvalue weighted by atomic mass is 16.6. The van der Waals surface area contributed by atoms with Gasteiger partial charge in [0.2, 0.25) is 0 Å². The largest absolute Gasteiger partial charge is 0.467 e. The minimum Gasteiger partial charge on any atom is -0.467 e. The van der Waals surface area contributed by atoms with Crippen molar-refractivity contribution < 1.29 is 23.7 Å². The van der Waals surface area contributed by atoms with Crippen LogP contribution in [0.15, 0.2) is 41.0 Å². The van der Waals surface area contributed by atoms with Crippen LogP contribution in [0.5, 0.6) is 0 Å². The number of amides is 1. The third kappa shape index (κ3) is 4.48. The van der Waals surface area contributed by atoms with Gasteiger partial charge < -0.3 is 19.0 Å². The molecule has 1 aromatic heterocycles. The van der Waals surface area contributed by atoms with E-state index in [4.69, 9.17) is 9.15 Å². The standard InChI is InChI=1S/C19H21N3O6/c1-20(12-15-5-4-10-27-15)18(23)13-28-19(24)16-11-14(22(25)26)6-7-17(16)21-8-2-3-9-21/h4-7,10-11H,2-3,8-9,12-13H2,1H3. The Bertz CT molecular complexity index is 859. The third-order valence-corrected chi connectivity index (χ3v) is 4.58. The van der Waals surface area contributed by atoms with E-state index in [0.29, 0.717) is 11.4 Å². The van der Waals surface area contributed by atoms with Gasteiger partial charge in [0.1, 0.15) is 5.76 Å². The molecule has 1 aliphatic heterocycles. The molecule has 3 rings (SSSR count). The van der Waals surface area contributed by atoms with Crippen LogP contribution in [0.2, 0.25) is 0 Å². The summed E-state index contributed by atoms with van der Waals surface area (Å²) in [7, 11) is 1.57. The number of nitro groups is 1. The molecule has 148 valence electrons. The van der Waals surface area contributed by atoms with E-state index in [2.05, 4.69) is 0 Å². The van der Waals surface area contributed by atoms with Gasteiger partial charge in [0, 0.05) is 32.3 Å². The Hall–Kier alpha value is -3.36. The predicted molar refractivity (Wildman–Crippen MR) is 100 cm³/mol. The zero-order chi connectivity index (χ0) is 20.1. The average molecular weight is 387 g/mol. The predicted octanol–water partition coefficient (Wildman–Crippen LogP) is 2.60. The topological polar surface area (TPSA) is 106 Å². The summed E-state index contributed by atoms with van der Waals surface area (Å²) in [4.78, 5) is 38.7. The number of carbonyl (C=O) groups excluding carboxylic acids is 2. The van der Waals surface area contributed by atoms with Crippen molar-refractivity contribution in [3.63, 3.8) is 0 Å². The highest BCUT2D eigenvalue weighted by Gasteiger charge is 2.24. The first-order chi connectivity index (χ1) is 13.5. The van der Waals surface area contributed by atoms with E-state index in [1.165, 1.54) is 23.3 Å². The van der Waals surface area contributed by atoms with Gasteiger partial charge in [-0.3, -0.25) is 14.9 Å². The first kappa shape index (κ1) is 19.4. The molecule has 2 aromatic rings. The van der Waals surface area contributed by atoms with E-state index >= 15 is 0 Å². The minimum atomic E-state index is -0.759. The number of non-ortho nitro benzene ring substituents is 1. The molecule has 1 aromatic carbocycles. The summed E-state index contributed by atoms with van der Waals surface area (Å²) >= 11 is 0. The molecule has 0 spiro atoms. The molecule has 2 heterocycles. The van der Waals surface area contributed by atoms with E-state index in [9.17, 15) is 19.7 Å². The summed E-state index contributed by atoms with van der Waals surface area (Å²) in [5, 5.41) is 11.1. The zero-order valence-corrected chi connectivity index (χ0v) is 15.5. The molecule has 0 unspecified atom stereocenters. The summed E-state index contributed by atoms with van der Waals surface area (Å²) in [6, 6.07) is 7.59. The first-order valence-corrected chi connectivity index (χ1v) is 8.92. The Morgan fingerprint density at radius 2 is 2.04 bits per heavy atom. The van der Waals surface area contributed by atoms with E-state index in [1.54, 1.807) is 25.2 Å². The molecule has 0 N–H and O–H groups in total. The number of hydrogen-bond acceptors (Lipinski definition) is 7. The number of nitro benzene ring substituents is 1. The van der Waals surface area contributed by atoms with Crippen LogP contribution < -0.4 is 4.90 Å². The normalized spacial score (nSPS) is 13.4. The fraction of sp³-hybridized carbons (Fsp3) is 0.368. The van der Waals surface area contributed by atoms with E-state index in [0.717, 1.165) is 25.9 Å². The van der Waals surface area contributed by atoms with Crippen LogP contribution in [0.1, 0.15) is 29.0 Å². The summed E-state index contributed by atoms with van der Waals surface area (Å²) in [6.07, 6.45) is 3.49. The molecule has 9 heteroatoms. The molecule has 0 aliphatic carbocycles. The molecule has 1 aliphatic rings. The molecule has 28 heavy (non-hydrogen) atoms. The Morgan fingerprint density at radius 1 is 1.29 bits per heavy atom. The number of esters is 1. The van der Waals surface area contributed by atoms with Crippen molar-refractivity contribution in [1.29, 1.82) is 0 Å². The summed E-state index contributed by atoms with van der Waals surface area (Å²) < 4.78 is 10.3. The molecular formula is C19H21N3O6. The second-order valence-electron chi connectivity index (χ2n) is 6.56. The lowest BCUT2D eigenvalue weighted by Crippen LogP contribution is -2.31. The average Bonchev–Trinajstić information content (AvgIpc) is 3.39. The maximum atomic E-state index is 12.6. The minimum absolute atomic E-state index is 0.0950. The maximum absolute atomic E-state index is 12.6. The van der Waals surface area contributed by atoms with E-state index in [1.807, 2.05) is 4.90 Å². The number of nitrogens with zero attached hydrogens (tertiary/aromatic N) is 3. The van der Waals surface area contributed by atoms with Crippen LogP contribution in [0, 0.1) is 10.1 Å². The van der Waals surface area contributed by atoms with E-state index < -0.39 is 23.4 Å². The lowest BCUT2D eigenvalue weighted by molar-refractivity contribution is -0.384. The SMILES string of the molecule is CN(Cc1ccco1)C(=O)COC(=O)c1cc([N+](=O)[O-])ccc1N1CCCC1. The number of carbonyl (C=O) groups is 2. The monoisotopic (exact) mass is 387 g/mol. The smallest absolute Gasteiger partial charge is 0.341 e. The molecule has 9 nitrogen and oxygen atoms in total. The maximum Gasteiger partial charge on any atom is 0.341 e. The highest BCUT2D eigenvalue weighted by Crippen LogP contribution is 2.29. The number of likely N-dealkylation sites (N-methyl/N-ethyl adjacent to an activating group) is 1. The lowest BCUT2D eigenvalue weighted by Gasteiger charge is -2.21. The fourth-order valence-electron chi connectivity index (χ4n) is 3.07.